The second kappa shape index (κ2) is 10.8. The first-order chi connectivity index (χ1) is 17.3. The van der Waals surface area contributed by atoms with Crippen LogP contribution >= 0.6 is 22.7 Å². The van der Waals surface area contributed by atoms with Crippen molar-refractivity contribution in [1.82, 2.24) is 15.2 Å². The number of aliphatic hydroxyl groups is 1. The Kier molecular flexibility index (Phi) is 7.70. The molecule has 36 heavy (non-hydrogen) atoms. The summed E-state index contributed by atoms with van der Waals surface area (Å²) in [6.07, 6.45) is 3.07. The fourth-order valence-electron chi connectivity index (χ4n) is 4.11. The first-order valence-corrected chi connectivity index (χ1v) is 13.3. The molecule has 190 valence electrons. The molecule has 0 radical (unpaired) electrons. The Morgan fingerprint density at radius 3 is 2.50 bits per heavy atom. The van der Waals surface area contributed by atoms with Crippen molar-refractivity contribution in [3.05, 3.63) is 55.7 Å². The van der Waals surface area contributed by atoms with E-state index in [9.17, 15) is 14.7 Å². The molecule has 0 bridgehead atoms. The zero-order valence-corrected chi connectivity index (χ0v) is 22.5. The number of hydrogen-bond donors (Lipinski definition) is 1. The zero-order chi connectivity index (χ0) is 26.0. The van der Waals surface area contributed by atoms with Gasteiger partial charge in [-0.1, -0.05) is 37.2 Å². The van der Waals surface area contributed by atoms with E-state index in [1.165, 1.54) is 34.7 Å². The van der Waals surface area contributed by atoms with E-state index >= 15 is 0 Å². The van der Waals surface area contributed by atoms with Gasteiger partial charge in [0.25, 0.3) is 5.91 Å². The predicted molar refractivity (Wildman–Crippen MR) is 138 cm³/mol. The Morgan fingerprint density at radius 2 is 1.89 bits per heavy atom. The van der Waals surface area contributed by atoms with Crippen molar-refractivity contribution in [1.29, 1.82) is 0 Å². The highest BCUT2D eigenvalue weighted by Crippen LogP contribution is 2.45. The topological polar surface area (TPSA) is 115 Å². The smallest absolute Gasteiger partial charge is 0.296 e. The number of anilines is 1. The van der Waals surface area contributed by atoms with E-state index in [0.717, 1.165) is 24.3 Å². The van der Waals surface area contributed by atoms with E-state index in [4.69, 9.17) is 9.47 Å². The minimum absolute atomic E-state index is 0.0294. The highest BCUT2D eigenvalue weighted by atomic mass is 32.1. The second-order valence-corrected chi connectivity index (χ2v) is 10.7. The van der Waals surface area contributed by atoms with Crippen molar-refractivity contribution in [2.45, 2.75) is 53.0 Å². The highest BCUT2D eigenvalue weighted by molar-refractivity contribution is 7.15. The number of benzene rings is 1. The standard InChI is InChI=1S/C25H28N4O5S2/c1-6-7-8-11-34-17-10-9-16(12-18(17)33-5)20-19(21(30)23-13(2)26-14(3)35-23)22(31)24(32)29(20)25-28-27-15(4)36-25/h9-10,12,20,31H,6-8,11H2,1-5H3. The van der Waals surface area contributed by atoms with E-state index in [2.05, 4.69) is 22.1 Å². The van der Waals surface area contributed by atoms with Crippen molar-refractivity contribution in [3.8, 4) is 11.5 Å². The lowest BCUT2D eigenvalue weighted by Gasteiger charge is -2.25. The fourth-order valence-corrected chi connectivity index (χ4v) is 5.69. The van der Waals surface area contributed by atoms with E-state index in [-0.39, 0.29) is 10.7 Å². The minimum atomic E-state index is -0.929. The van der Waals surface area contributed by atoms with E-state index in [1.807, 2.05) is 0 Å². The van der Waals surface area contributed by atoms with E-state index < -0.39 is 23.5 Å². The van der Waals surface area contributed by atoms with Crippen molar-refractivity contribution in [2.75, 3.05) is 18.6 Å². The summed E-state index contributed by atoms with van der Waals surface area (Å²) in [4.78, 5) is 33.0. The number of rotatable bonds is 10. The quantitative estimate of drug-likeness (QED) is 0.279. The number of carbonyl (C=O) groups is 2. The molecule has 0 fully saturated rings. The molecule has 1 unspecified atom stereocenters. The molecule has 11 heteroatoms. The molecule has 1 aromatic carbocycles. The number of ketones is 1. The molecular weight excluding hydrogens is 500 g/mol. The average Bonchev–Trinajstić information content (AvgIpc) is 3.51. The summed E-state index contributed by atoms with van der Waals surface area (Å²) in [5, 5.41) is 20.8. The molecule has 3 aromatic rings. The maximum Gasteiger partial charge on any atom is 0.296 e. The molecule has 2 aromatic heterocycles. The lowest BCUT2D eigenvalue weighted by molar-refractivity contribution is -0.117. The van der Waals surface area contributed by atoms with Crippen LogP contribution in [-0.2, 0) is 4.79 Å². The number of aliphatic hydroxyl groups excluding tert-OH is 1. The number of ether oxygens (including phenoxy) is 2. The van der Waals surface area contributed by atoms with E-state index in [0.29, 0.717) is 39.2 Å². The molecule has 1 N–H and O–H groups in total. The molecule has 0 saturated carbocycles. The van der Waals surface area contributed by atoms with Crippen molar-refractivity contribution in [2.24, 2.45) is 0 Å². The van der Waals surface area contributed by atoms with Crippen LogP contribution < -0.4 is 14.4 Å². The van der Waals surface area contributed by atoms with Crippen LogP contribution in [0.3, 0.4) is 0 Å². The van der Waals surface area contributed by atoms with Crippen LogP contribution in [0.1, 0.15) is 63.2 Å². The van der Waals surface area contributed by atoms with Crippen LogP contribution in [-0.4, -0.2) is 45.7 Å². The maximum absolute atomic E-state index is 13.7. The van der Waals surface area contributed by atoms with Gasteiger partial charge >= 0.3 is 0 Å². The monoisotopic (exact) mass is 528 g/mol. The molecule has 0 aliphatic carbocycles. The van der Waals surface area contributed by atoms with Crippen molar-refractivity contribution >= 4 is 39.5 Å². The number of unbranched alkanes of at least 4 members (excludes halogenated alkanes) is 2. The molecule has 0 spiro atoms. The summed E-state index contributed by atoms with van der Waals surface area (Å²) in [7, 11) is 1.53. The lowest BCUT2D eigenvalue weighted by Crippen LogP contribution is -2.31. The number of nitrogens with zero attached hydrogens (tertiary/aromatic N) is 4. The summed E-state index contributed by atoms with van der Waals surface area (Å²) < 4.78 is 11.5. The summed E-state index contributed by atoms with van der Waals surface area (Å²) in [5.74, 6) is -0.737. The van der Waals surface area contributed by atoms with Gasteiger partial charge < -0.3 is 14.6 Å². The van der Waals surface area contributed by atoms with Gasteiger partial charge in [0.05, 0.1) is 40.9 Å². The largest absolute Gasteiger partial charge is 0.503 e. The fraction of sp³-hybridized carbons (Fsp3) is 0.400. The van der Waals surface area contributed by atoms with E-state index in [1.54, 1.807) is 39.0 Å². The molecular formula is C25H28N4O5S2. The Labute approximate surface area is 217 Å². The number of thiazole rings is 1. The molecule has 9 nitrogen and oxygen atoms in total. The number of aryl methyl sites for hydroxylation is 3. The van der Waals surface area contributed by atoms with Crippen LogP contribution in [0.15, 0.2) is 29.5 Å². The Bertz CT molecular complexity index is 1330. The van der Waals surface area contributed by atoms with Gasteiger partial charge in [-0.05, 0) is 44.9 Å². The second-order valence-electron chi connectivity index (χ2n) is 8.39. The van der Waals surface area contributed by atoms with Crippen molar-refractivity contribution < 1.29 is 24.2 Å². The summed E-state index contributed by atoms with van der Waals surface area (Å²) in [5.41, 5.74) is 1.09. The van der Waals surface area contributed by atoms with Crippen LogP contribution in [0.5, 0.6) is 11.5 Å². The number of carbonyl (C=O) groups excluding carboxylic acids is 2. The number of amides is 1. The van der Waals surface area contributed by atoms with Crippen molar-refractivity contribution in [3.63, 3.8) is 0 Å². The first kappa shape index (κ1) is 25.8. The molecule has 1 aliphatic heterocycles. The highest BCUT2D eigenvalue weighted by Gasteiger charge is 2.46. The van der Waals surface area contributed by atoms with Gasteiger partial charge in [0.15, 0.2) is 17.3 Å². The Morgan fingerprint density at radius 1 is 1.11 bits per heavy atom. The summed E-state index contributed by atoms with van der Waals surface area (Å²) in [6, 6.07) is 4.33. The number of methoxy groups -OCH3 is 1. The van der Waals surface area contributed by atoms with Crippen LogP contribution in [0.4, 0.5) is 5.13 Å². The molecule has 1 amide bonds. The number of hydrogen-bond acceptors (Lipinski definition) is 10. The molecule has 1 aliphatic rings. The average molecular weight is 529 g/mol. The van der Waals surface area contributed by atoms with Gasteiger partial charge in [0, 0.05) is 0 Å². The van der Waals surface area contributed by atoms with Gasteiger partial charge in [0.2, 0.25) is 10.9 Å². The molecule has 3 heterocycles. The third kappa shape index (κ3) is 4.85. The normalized spacial score (nSPS) is 15.6. The van der Waals surface area contributed by atoms with Gasteiger partial charge in [-0.15, -0.1) is 21.5 Å². The predicted octanol–water partition coefficient (Wildman–Crippen LogP) is 5.28. The third-order valence-electron chi connectivity index (χ3n) is 5.79. The van der Waals surface area contributed by atoms with Gasteiger partial charge in [-0.25, -0.2) is 4.98 Å². The maximum atomic E-state index is 13.7. The summed E-state index contributed by atoms with van der Waals surface area (Å²) in [6.45, 7) is 7.99. The molecule has 0 saturated heterocycles. The van der Waals surface area contributed by atoms with Gasteiger partial charge in [-0.3, -0.25) is 14.5 Å². The summed E-state index contributed by atoms with van der Waals surface area (Å²) >= 11 is 2.43. The van der Waals surface area contributed by atoms with Crippen LogP contribution in [0.2, 0.25) is 0 Å². The minimum Gasteiger partial charge on any atom is -0.503 e. The number of Topliss-reactive ketones (excluding diaryl/α,β-unsaturated/α-hetero) is 1. The Hall–Kier alpha value is -3.31. The van der Waals surface area contributed by atoms with Gasteiger partial charge in [-0.2, -0.15) is 0 Å². The third-order valence-corrected chi connectivity index (χ3v) is 7.70. The zero-order valence-electron chi connectivity index (χ0n) is 20.8. The SMILES string of the molecule is CCCCCOc1ccc(C2C(C(=O)c3sc(C)nc3C)=C(O)C(=O)N2c2nnc(C)s2)cc1OC. The first-order valence-electron chi connectivity index (χ1n) is 11.6. The molecule has 4 rings (SSSR count). The Balaban J connectivity index is 1.80. The van der Waals surface area contributed by atoms with Crippen LogP contribution in [0.25, 0.3) is 0 Å². The van der Waals surface area contributed by atoms with Gasteiger partial charge in [0.1, 0.15) is 5.01 Å². The lowest BCUT2D eigenvalue weighted by atomic mass is 9.95. The van der Waals surface area contributed by atoms with Crippen LogP contribution in [0, 0.1) is 20.8 Å². The number of aromatic nitrogens is 3. The molecule has 1 atom stereocenters.